The molecule has 42 heavy (non-hydrogen) atoms. The smallest absolute Gasteiger partial charge is 0.317 e. The summed E-state index contributed by atoms with van der Waals surface area (Å²) in [5.41, 5.74) is 6.95. The monoisotopic (exact) mass is 611 g/mol. The van der Waals surface area contributed by atoms with Gasteiger partial charge in [0.1, 0.15) is 35.2 Å². The minimum absolute atomic E-state index is 0.0374. The van der Waals surface area contributed by atoms with E-state index in [1.165, 1.54) is 12.1 Å². The Morgan fingerprint density at radius 2 is 2.17 bits per heavy atom. The van der Waals surface area contributed by atoms with Gasteiger partial charge in [-0.3, -0.25) is 4.90 Å². The Morgan fingerprint density at radius 3 is 2.95 bits per heavy atom. The van der Waals surface area contributed by atoms with E-state index in [0.29, 0.717) is 37.1 Å². The van der Waals surface area contributed by atoms with Crippen molar-refractivity contribution in [2.24, 2.45) is 0 Å². The van der Waals surface area contributed by atoms with Crippen molar-refractivity contribution in [1.82, 2.24) is 14.9 Å². The van der Waals surface area contributed by atoms with Crippen molar-refractivity contribution in [1.29, 1.82) is 5.26 Å². The average molecular weight is 612 g/mol. The van der Waals surface area contributed by atoms with Gasteiger partial charge in [-0.15, -0.1) is 11.3 Å². The average Bonchev–Trinajstić information content (AvgIpc) is 3.63. The zero-order valence-corrected chi connectivity index (χ0v) is 23.9. The molecule has 7 rings (SSSR count). The molecule has 2 N–H and O–H groups in total. The largest absolute Gasteiger partial charge is 0.461 e. The van der Waals surface area contributed by atoms with Crippen LogP contribution in [0.2, 0.25) is 5.02 Å². The van der Waals surface area contributed by atoms with E-state index >= 15 is 4.39 Å². The summed E-state index contributed by atoms with van der Waals surface area (Å²) in [6.45, 7) is 2.18. The number of halogens is 4. The molecule has 3 aliphatic rings. The Hall–Kier alpha value is -3.43. The molecular formula is C30H25ClF3N5O2S. The van der Waals surface area contributed by atoms with Crippen LogP contribution in [0.25, 0.3) is 37.7 Å². The highest BCUT2D eigenvalue weighted by Crippen LogP contribution is 2.46. The van der Waals surface area contributed by atoms with Gasteiger partial charge in [-0.05, 0) is 43.5 Å². The topological polar surface area (TPSA) is 97.3 Å². The Kier molecular flexibility index (Phi) is 6.77. The summed E-state index contributed by atoms with van der Waals surface area (Å²) >= 11 is 7.65. The van der Waals surface area contributed by atoms with E-state index in [9.17, 15) is 14.0 Å². The summed E-state index contributed by atoms with van der Waals surface area (Å²) in [4.78, 5) is 11.3. The predicted molar refractivity (Wildman–Crippen MR) is 156 cm³/mol. The standard InChI is InChI=1S/C30H25ClF3N5O2S/c31-20-9-18-25(15-3-1-8-40-13-15)37-29(41-14-30-6-2-7-39(30)12-16(32)10-30)38-26(18)24(34)23(20)17-4-5-21(33)27-22(17)19(11-35)28(36)42-27/h3-5,9,16H,1-2,6-8,10,12-14,36H2/t16-,30+/m1/s1. The predicted octanol–water partition coefficient (Wildman–Crippen LogP) is 6.66. The van der Waals surface area contributed by atoms with Gasteiger partial charge >= 0.3 is 6.01 Å². The molecule has 2 aromatic carbocycles. The van der Waals surface area contributed by atoms with Gasteiger partial charge in [0.25, 0.3) is 0 Å². The first-order valence-corrected chi connectivity index (χ1v) is 14.9. The van der Waals surface area contributed by atoms with Gasteiger partial charge in [-0.2, -0.15) is 15.2 Å². The number of thiophene rings is 1. The summed E-state index contributed by atoms with van der Waals surface area (Å²) in [5, 5.41) is 10.5. The molecule has 5 heterocycles. The number of anilines is 1. The van der Waals surface area contributed by atoms with Gasteiger partial charge < -0.3 is 15.2 Å². The van der Waals surface area contributed by atoms with Crippen molar-refractivity contribution in [3.63, 3.8) is 0 Å². The lowest BCUT2D eigenvalue weighted by Crippen LogP contribution is -2.43. The van der Waals surface area contributed by atoms with Crippen LogP contribution in [0.1, 0.15) is 36.9 Å². The van der Waals surface area contributed by atoms with Crippen molar-refractivity contribution in [2.45, 2.75) is 37.4 Å². The van der Waals surface area contributed by atoms with Crippen molar-refractivity contribution >= 4 is 54.5 Å². The zero-order valence-electron chi connectivity index (χ0n) is 22.4. The number of rotatable bonds is 5. The van der Waals surface area contributed by atoms with Crippen LogP contribution in [0.3, 0.4) is 0 Å². The molecular weight excluding hydrogens is 587 g/mol. The number of hydrogen-bond acceptors (Lipinski definition) is 8. The van der Waals surface area contributed by atoms with E-state index in [0.717, 1.165) is 36.3 Å². The molecule has 0 bridgehead atoms. The first-order valence-electron chi connectivity index (χ1n) is 13.7. The number of alkyl halides is 1. The highest BCUT2D eigenvalue weighted by Gasteiger charge is 2.49. The van der Waals surface area contributed by atoms with Crippen LogP contribution in [0, 0.1) is 23.0 Å². The van der Waals surface area contributed by atoms with Gasteiger partial charge in [0.15, 0.2) is 5.82 Å². The van der Waals surface area contributed by atoms with E-state index < -0.39 is 23.3 Å². The van der Waals surface area contributed by atoms with Crippen molar-refractivity contribution in [2.75, 3.05) is 38.6 Å². The number of nitrogens with two attached hydrogens (primary N) is 1. The van der Waals surface area contributed by atoms with E-state index in [1.54, 1.807) is 6.07 Å². The zero-order chi connectivity index (χ0) is 29.2. The van der Waals surface area contributed by atoms with Gasteiger partial charge in [-0.25, -0.2) is 13.2 Å². The second-order valence-electron chi connectivity index (χ2n) is 11.0. The Labute approximate surface area is 248 Å². The lowest BCUT2D eigenvalue weighted by Gasteiger charge is -2.30. The highest BCUT2D eigenvalue weighted by atomic mass is 35.5. The molecule has 7 nitrogen and oxygen atoms in total. The highest BCUT2D eigenvalue weighted by molar-refractivity contribution is 7.23. The molecule has 0 aliphatic carbocycles. The number of nitrogen functional groups attached to an aromatic ring is 1. The van der Waals surface area contributed by atoms with Crippen LogP contribution in [-0.4, -0.2) is 59.5 Å². The summed E-state index contributed by atoms with van der Waals surface area (Å²) in [6, 6.07) is 6.13. The molecule has 216 valence electrons. The first kappa shape index (κ1) is 27.4. The molecule has 0 radical (unpaired) electrons. The van der Waals surface area contributed by atoms with E-state index in [1.807, 2.05) is 12.1 Å². The molecule has 2 saturated heterocycles. The third-order valence-electron chi connectivity index (χ3n) is 8.51. The maximum atomic E-state index is 16.7. The summed E-state index contributed by atoms with van der Waals surface area (Å²) in [6.07, 6.45) is 3.83. The van der Waals surface area contributed by atoms with Crippen LogP contribution in [0.15, 0.2) is 24.3 Å². The van der Waals surface area contributed by atoms with E-state index in [4.69, 9.17) is 26.8 Å². The molecule has 0 unspecified atom stereocenters. The number of fused-ring (bicyclic) bond motifs is 3. The van der Waals surface area contributed by atoms with Gasteiger partial charge in [0.2, 0.25) is 0 Å². The maximum Gasteiger partial charge on any atom is 0.317 e. The van der Waals surface area contributed by atoms with Crippen LogP contribution >= 0.6 is 22.9 Å². The minimum Gasteiger partial charge on any atom is -0.461 e. The molecule has 2 aromatic heterocycles. The Balaban J connectivity index is 1.41. The summed E-state index contributed by atoms with van der Waals surface area (Å²) in [7, 11) is 0. The molecule has 12 heteroatoms. The van der Waals surface area contributed by atoms with Gasteiger partial charge in [-0.1, -0.05) is 23.7 Å². The fourth-order valence-corrected chi connectivity index (χ4v) is 7.85. The molecule has 3 aliphatic heterocycles. The number of nitriles is 1. The minimum atomic E-state index is -0.925. The second kappa shape index (κ2) is 10.4. The molecule has 2 atom stereocenters. The van der Waals surface area contributed by atoms with Crippen LogP contribution in [-0.2, 0) is 4.74 Å². The number of benzene rings is 2. The molecule has 0 saturated carbocycles. The fourth-order valence-electron chi connectivity index (χ4n) is 6.61. The SMILES string of the molecule is N#Cc1c(N)sc2c(F)ccc(-c3c(Cl)cc4c(C5=CCCOC5)nc(OC[C@@]56CCCN5C[C@H](F)C6)nc4c3F)c12. The summed E-state index contributed by atoms with van der Waals surface area (Å²) in [5.74, 6) is -1.34. The maximum absolute atomic E-state index is 16.7. The number of aromatic nitrogens is 2. The molecule has 4 aromatic rings. The quantitative estimate of drug-likeness (QED) is 0.270. The molecule has 0 amide bonds. The van der Waals surface area contributed by atoms with Crippen LogP contribution < -0.4 is 10.5 Å². The second-order valence-corrected chi connectivity index (χ2v) is 12.4. The first-order chi connectivity index (χ1) is 20.3. The lowest BCUT2D eigenvalue weighted by atomic mass is 9.95. The van der Waals surface area contributed by atoms with Crippen LogP contribution in [0.5, 0.6) is 6.01 Å². The molecule has 0 spiro atoms. The molecule has 2 fully saturated rings. The fraction of sp³-hybridized carbons (Fsp3) is 0.367. The van der Waals surface area contributed by atoms with Gasteiger partial charge in [0.05, 0.1) is 39.7 Å². The number of hydrogen-bond donors (Lipinski definition) is 1. The lowest BCUT2D eigenvalue weighted by molar-refractivity contribution is 0.107. The van der Waals surface area contributed by atoms with Crippen LogP contribution in [0.4, 0.5) is 18.2 Å². The van der Waals surface area contributed by atoms with Crippen molar-refractivity contribution in [3.05, 3.63) is 52.2 Å². The normalized spacial score (nSPS) is 22.5. The van der Waals surface area contributed by atoms with E-state index in [2.05, 4.69) is 14.9 Å². The van der Waals surface area contributed by atoms with Gasteiger partial charge in [0, 0.05) is 34.9 Å². The number of ether oxygens (including phenoxy) is 2. The Bertz CT molecular complexity index is 1840. The summed E-state index contributed by atoms with van der Waals surface area (Å²) < 4.78 is 57.7. The van der Waals surface area contributed by atoms with Crippen molar-refractivity contribution in [3.8, 4) is 23.2 Å². The van der Waals surface area contributed by atoms with Crippen molar-refractivity contribution < 1.29 is 22.6 Å². The third kappa shape index (κ3) is 4.31. The van der Waals surface area contributed by atoms with E-state index in [-0.39, 0.29) is 61.5 Å². The number of nitrogens with zero attached hydrogens (tertiary/aromatic N) is 4. The third-order valence-corrected chi connectivity index (χ3v) is 9.83. The Morgan fingerprint density at radius 1 is 1.31 bits per heavy atom.